The highest BCUT2D eigenvalue weighted by Gasteiger charge is 2.00. The summed E-state index contributed by atoms with van der Waals surface area (Å²) in [7, 11) is 0. The summed E-state index contributed by atoms with van der Waals surface area (Å²) in [5, 5.41) is 14.0. The second-order valence-electron chi connectivity index (χ2n) is 1.93. The van der Waals surface area contributed by atoms with E-state index in [4.69, 9.17) is 0 Å². The summed E-state index contributed by atoms with van der Waals surface area (Å²) < 4.78 is 0. The third-order valence-corrected chi connectivity index (χ3v) is 1.27. The van der Waals surface area contributed by atoms with Crippen LogP contribution >= 0.6 is 0 Å². The smallest absolute Gasteiger partial charge is 0.281 e. The molecule has 0 atom stereocenters. The van der Waals surface area contributed by atoms with Crippen LogP contribution in [0.4, 0.5) is 0 Å². The van der Waals surface area contributed by atoms with E-state index >= 15 is 0 Å². The zero-order valence-electron chi connectivity index (χ0n) is 5.21. The summed E-state index contributed by atoms with van der Waals surface area (Å²) >= 11 is 0. The molecule has 0 spiro atoms. The number of aromatic nitrogens is 5. The van der Waals surface area contributed by atoms with Crippen LogP contribution in [0.3, 0.4) is 0 Å². The first-order valence-electron chi connectivity index (χ1n) is 2.81. The first-order chi connectivity index (χ1) is 5.29. The number of hydrogen-bond donors (Lipinski definition) is 3. The van der Waals surface area contributed by atoms with Crippen LogP contribution in [-0.2, 0) is 0 Å². The Morgan fingerprint density at radius 3 is 2.73 bits per heavy atom. The molecule has 0 aromatic carbocycles. The molecule has 0 unspecified atom stereocenters. The van der Waals surface area contributed by atoms with Crippen LogP contribution in [0.15, 0.2) is 9.59 Å². The van der Waals surface area contributed by atoms with E-state index < -0.39 is 11.0 Å². The summed E-state index contributed by atoms with van der Waals surface area (Å²) in [4.78, 5) is 21.5. The number of aromatic amines is 3. The van der Waals surface area contributed by atoms with Crippen LogP contribution in [0.25, 0.3) is 0 Å². The minimum Gasteiger partial charge on any atom is -0.281 e. The zero-order valence-corrected chi connectivity index (χ0v) is 5.21. The van der Waals surface area contributed by atoms with Crippen LogP contribution in [0.1, 0.15) is 0 Å². The van der Waals surface area contributed by atoms with Crippen molar-refractivity contribution in [2.24, 2.45) is 0 Å². The van der Waals surface area contributed by atoms with Crippen molar-refractivity contribution < 1.29 is 0 Å². The van der Waals surface area contributed by atoms with Gasteiger partial charge >= 0.3 is 5.56 Å². The van der Waals surface area contributed by atoms with Crippen molar-refractivity contribution in [1.82, 2.24) is 25.6 Å². The lowest BCUT2D eigenvalue weighted by molar-refractivity contribution is 0.874. The van der Waals surface area contributed by atoms with Gasteiger partial charge in [-0.15, -0.1) is 10.2 Å². The van der Waals surface area contributed by atoms with Gasteiger partial charge in [-0.1, -0.05) is 0 Å². The Hall–Kier alpha value is -1.92. The molecule has 0 bridgehead atoms. The van der Waals surface area contributed by atoms with Crippen molar-refractivity contribution in [3.63, 3.8) is 0 Å². The van der Waals surface area contributed by atoms with Crippen molar-refractivity contribution in [1.29, 1.82) is 0 Å². The number of nitrogens with one attached hydrogen (secondary N) is 3. The van der Waals surface area contributed by atoms with E-state index in [1.807, 2.05) is 0 Å². The Morgan fingerprint density at radius 2 is 1.91 bits per heavy atom. The Balaban J connectivity index is 3.30. The Morgan fingerprint density at radius 1 is 1.09 bits per heavy atom. The van der Waals surface area contributed by atoms with Crippen molar-refractivity contribution in [2.75, 3.05) is 0 Å². The highest BCUT2D eigenvalue weighted by atomic mass is 16.2. The lowest BCUT2D eigenvalue weighted by Crippen LogP contribution is -2.28. The Labute approximate surface area is 58.1 Å². The fourth-order valence-electron chi connectivity index (χ4n) is 0.762. The number of rotatable bonds is 0. The van der Waals surface area contributed by atoms with Gasteiger partial charge in [0.1, 0.15) is 0 Å². The highest BCUT2D eigenvalue weighted by Crippen LogP contribution is 1.70. The van der Waals surface area contributed by atoms with Crippen LogP contribution in [0.2, 0.25) is 0 Å². The van der Waals surface area contributed by atoms with Gasteiger partial charge in [-0.25, -0.2) is 5.21 Å². The molecule has 56 valence electrons. The third kappa shape index (κ3) is 0.672. The molecule has 0 amide bonds. The fourth-order valence-corrected chi connectivity index (χ4v) is 0.762. The van der Waals surface area contributed by atoms with Crippen LogP contribution in [-0.4, -0.2) is 25.6 Å². The maximum absolute atomic E-state index is 10.9. The molecule has 0 aromatic heterocycles. The average molecular weight is 153 g/mol. The van der Waals surface area contributed by atoms with Crippen molar-refractivity contribution in [3.05, 3.63) is 31.4 Å². The SMILES string of the molecule is O=c1nnc2[nH][nH][nH]c=2c1=O. The lowest BCUT2D eigenvalue weighted by atomic mass is 10.5. The van der Waals surface area contributed by atoms with Crippen LogP contribution < -0.4 is 11.0 Å². The molecular formula is C4H3N5O2. The molecule has 11 heavy (non-hydrogen) atoms. The summed E-state index contributed by atoms with van der Waals surface area (Å²) in [5.41, 5.74) is -1.30. The van der Waals surface area contributed by atoms with Crippen LogP contribution in [0.5, 0.6) is 0 Å². The van der Waals surface area contributed by atoms with Gasteiger partial charge in [-0.3, -0.25) is 19.8 Å². The number of nitrogens with zero attached hydrogens (tertiary/aromatic N) is 2. The van der Waals surface area contributed by atoms with E-state index in [-0.39, 0.29) is 10.8 Å². The monoisotopic (exact) mass is 153 g/mol. The van der Waals surface area contributed by atoms with Gasteiger partial charge < -0.3 is 0 Å². The van der Waals surface area contributed by atoms with Crippen molar-refractivity contribution in [3.8, 4) is 0 Å². The van der Waals surface area contributed by atoms with E-state index in [2.05, 4.69) is 25.6 Å². The predicted molar refractivity (Wildman–Crippen MR) is 32.9 cm³/mol. The van der Waals surface area contributed by atoms with E-state index in [9.17, 15) is 9.59 Å². The number of hydrogen-bond acceptors (Lipinski definition) is 4. The first-order valence-corrected chi connectivity index (χ1v) is 2.81. The van der Waals surface area contributed by atoms with Gasteiger partial charge in [0.2, 0.25) is 0 Å². The minimum atomic E-state index is -0.859. The molecule has 7 heteroatoms. The van der Waals surface area contributed by atoms with Gasteiger partial charge in [0.15, 0.2) is 10.8 Å². The molecule has 2 heterocycles. The second kappa shape index (κ2) is 1.78. The van der Waals surface area contributed by atoms with Gasteiger partial charge in [0.25, 0.3) is 5.43 Å². The zero-order chi connectivity index (χ0) is 7.84. The largest absolute Gasteiger partial charge is 0.338 e. The first kappa shape index (κ1) is 5.83. The number of H-pyrrole nitrogens is 3. The van der Waals surface area contributed by atoms with E-state index in [0.717, 1.165) is 0 Å². The van der Waals surface area contributed by atoms with E-state index in [1.165, 1.54) is 0 Å². The normalized spacial score (nSPS) is 10.5. The maximum Gasteiger partial charge on any atom is 0.338 e. The molecular weight excluding hydrogens is 150 g/mol. The van der Waals surface area contributed by atoms with Gasteiger partial charge in [-0.2, -0.15) is 0 Å². The van der Waals surface area contributed by atoms with Gasteiger partial charge in [-0.05, 0) is 0 Å². The molecule has 7 nitrogen and oxygen atoms in total. The molecule has 2 aliphatic rings. The molecule has 0 fully saturated rings. The Bertz CT molecular complexity index is 533. The summed E-state index contributed by atoms with van der Waals surface area (Å²) in [6.45, 7) is 0. The standard InChI is InChI=1S/C4H3N5O2/c10-2-1-3(7-9-5-1)6-8-4(2)11/h5,7,9H. The highest BCUT2D eigenvalue weighted by molar-refractivity contribution is 4.88. The molecule has 0 saturated carbocycles. The summed E-state index contributed by atoms with van der Waals surface area (Å²) in [6, 6.07) is 0. The average Bonchev–Trinajstić information content (AvgIpc) is 2.45. The Kier molecular flexibility index (Phi) is 0.945. The van der Waals surface area contributed by atoms with Crippen molar-refractivity contribution in [2.45, 2.75) is 0 Å². The van der Waals surface area contributed by atoms with Gasteiger partial charge in [0, 0.05) is 0 Å². The molecule has 3 N–H and O–H groups in total. The lowest BCUT2D eigenvalue weighted by Gasteiger charge is -1.74. The summed E-state index contributed by atoms with van der Waals surface area (Å²) in [6.07, 6.45) is 0. The third-order valence-electron chi connectivity index (χ3n) is 1.27. The molecule has 0 aliphatic carbocycles. The van der Waals surface area contributed by atoms with Crippen molar-refractivity contribution >= 4 is 0 Å². The fraction of sp³-hybridized carbons (Fsp3) is 0. The van der Waals surface area contributed by atoms with E-state index in [0.29, 0.717) is 0 Å². The summed E-state index contributed by atoms with van der Waals surface area (Å²) in [5.74, 6) is 0. The molecule has 2 rings (SSSR count). The predicted octanol–water partition coefficient (Wildman–Crippen LogP) is -2.09. The second-order valence-corrected chi connectivity index (χ2v) is 1.93. The molecule has 0 saturated heterocycles. The van der Waals surface area contributed by atoms with E-state index in [1.54, 1.807) is 0 Å². The quantitative estimate of drug-likeness (QED) is 0.377. The maximum atomic E-state index is 10.9. The molecule has 0 radical (unpaired) electrons. The molecule has 2 aliphatic heterocycles. The van der Waals surface area contributed by atoms with Gasteiger partial charge in [0.05, 0.1) is 0 Å². The minimum absolute atomic E-state index is 0.116. The topological polar surface area (TPSA) is 107 Å². The molecule has 0 aromatic rings. The van der Waals surface area contributed by atoms with Crippen LogP contribution in [0, 0.1) is 10.8 Å².